The molecule has 3 amide bonds. The van der Waals surface area contributed by atoms with E-state index in [2.05, 4.69) is 27.7 Å². The molecule has 2 aliphatic rings. The Morgan fingerprint density at radius 1 is 1.00 bits per heavy atom. The number of carbonyl (C=O) groups is 2. The summed E-state index contributed by atoms with van der Waals surface area (Å²) < 4.78 is 5.30. The smallest absolute Gasteiger partial charge is 0.321 e. The molecule has 0 saturated carbocycles. The predicted molar refractivity (Wildman–Crippen MR) is 129 cm³/mol. The molecule has 2 fully saturated rings. The molecule has 2 saturated heterocycles. The Morgan fingerprint density at radius 2 is 1.73 bits per heavy atom. The summed E-state index contributed by atoms with van der Waals surface area (Å²) in [6.45, 7) is 3.77. The van der Waals surface area contributed by atoms with Crippen LogP contribution in [0.4, 0.5) is 10.5 Å². The number of amides is 3. The lowest BCUT2D eigenvalue weighted by atomic mass is 9.97. The van der Waals surface area contributed by atoms with E-state index in [1.165, 1.54) is 18.4 Å². The van der Waals surface area contributed by atoms with Gasteiger partial charge in [0, 0.05) is 25.3 Å². The Balaban J connectivity index is 1.34. The van der Waals surface area contributed by atoms with Crippen LogP contribution < -0.4 is 15.4 Å². The van der Waals surface area contributed by atoms with Gasteiger partial charge >= 0.3 is 6.03 Å². The van der Waals surface area contributed by atoms with Crippen molar-refractivity contribution in [2.24, 2.45) is 5.92 Å². The molecule has 176 valence electrons. The number of rotatable bonds is 7. The van der Waals surface area contributed by atoms with Crippen LogP contribution in [0.2, 0.25) is 0 Å². The zero-order valence-electron chi connectivity index (χ0n) is 19.3. The third-order valence-corrected chi connectivity index (χ3v) is 6.66. The van der Waals surface area contributed by atoms with E-state index in [4.69, 9.17) is 4.74 Å². The van der Waals surface area contributed by atoms with E-state index in [1.807, 2.05) is 42.5 Å². The molecule has 2 aliphatic heterocycles. The third kappa shape index (κ3) is 6.05. The van der Waals surface area contributed by atoms with Gasteiger partial charge in [-0.25, -0.2) is 4.79 Å². The summed E-state index contributed by atoms with van der Waals surface area (Å²) in [7, 11) is 1.67. The number of nitrogens with one attached hydrogen (secondary N) is 2. The molecule has 0 unspecified atom stereocenters. The fourth-order valence-electron chi connectivity index (χ4n) is 4.78. The molecule has 4 rings (SSSR count). The zero-order chi connectivity index (χ0) is 23.0. The van der Waals surface area contributed by atoms with Crippen molar-refractivity contribution in [3.8, 4) is 5.75 Å². The number of urea groups is 1. The number of hydrogen-bond donors (Lipinski definition) is 2. The number of benzene rings is 2. The summed E-state index contributed by atoms with van der Waals surface area (Å²) in [6.07, 6.45) is 4.01. The number of nitrogens with zero attached hydrogens (tertiary/aromatic N) is 2. The van der Waals surface area contributed by atoms with Crippen molar-refractivity contribution in [3.63, 3.8) is 0 Å². The fourth-order valence-corrected chi connectivity index (χ4v) is 4.78. The maximum absolute atomic E-state index is 13.1. The molecule has 2 heterocycles. The molecule has 2 aromatic carbocycles. The van der Waals surface area contributed by atoms with Gasteiger partial charge < -0.3 is 20.3 Å². The van der Waals surface area contributed by atoms with Gasteiger partial charge in [0.05, 0.1) is 19.1 Å². The number of para-hydroxylation sites is 1. The summed E-state index contributed by atoms with van der Waals surface area (Å²) in [5.41, 5.74) is 1.95. The monoisotopic (exact) mass is 450 g/mol. The largest absolute Gasteiger partial charge is 0.497 e. The van der Waals surface area contributed by atoms with Gasteiger partial charge in [-0.3, -0.25) is 9.69 Å². The van der Waals surface area contributed by atoms with Crippen LogP contribution in [-0.2, 0) is 4.79 Å². The fraction of sp³-hybridized carbons (Fsp3) is 0.462. The van der Waals surface area contributed by atoms with Crippen molar-refractivity contribution in [2.75, 3.05) is 45.2 Å². The number of hydrogen-bond acceptors (Lipinski definition) is 4. The van der Waals surface area contributed by atoms with Crippen molar-refractivity contribution in [2.45, 2.75) is 31.7 Å². The van der Waals surface area contributed by atoms with Crippen LogP contribution in [0.1, 0.15) is 37.3 Å². The highest BCUT2D eigenvalue weighted by molar-refractivity contribution is 5.90. The van der Waals surface area contributed by atoms with Gasteiger partial charge in [-0.15, -0.1) is 0 Å². The van der Waals surface area contributed by atoms with Gasteiger partial charge in [0.2, 0.25) is 5.91 Å². The summed E-state index contributed by atoms with van der Waals surface area (Å²) in [4.78, 5) is 29.9. The molecule has 2 N–H and O–H groups in total. The Kier molecular flexibility index (Phi) is 7.83. The van der Waals surface area contributed by atoms with E-state index >= 15 is 0 Å². The Morgan fingerprint density at radius 3 is 2.42 bits per heavy atom. The van der Waals surface area contributed by atoms with Crippen molar-refractivity contribution in [1.29, 1.82) is 0 Å². The first kappa shape index (κ1) is 23.1. The second-order valence-electron chi connectivity index (χ2n) is 8.86. The van der Waals surface area contributed by atoms with Gasteiger partial charge in [-0.1, -0.05) is 30.3 Å². The number of methoxy groups -OCH3 is 1. The van der Waals surface area contributed by atoms with E-state index in [0.29, 0.717) is 19.6 Å². The van der Waals surface area contributed by atoms with Gasteiger partial charge in [-0.2, -0.15) is 0 Å². The SMILES string of the molecule is COc1ccc([C@@H](CNC(=O)[C@H]2CCCN(C(=O)Nc3ccccc3)C2)N2CCCC2)cc1. The predicted octanol–water partition coefficient (Wildman–Crippen LogP) is 3.89. The van der Waals surface area contributed by atoms with Gasteiger partial charge in [0.15, 0.2) is 0 Å². The lowest BCUT2D eigenvalue weighted by Gasteiger charge is -2.33. The molecule has 7 nitrogen and oxygen atoms in total. The molecule has 0 aromatic heterocycles. The first-order chi connectivity index (χ1) is 16.1. The Bertz CT molecular complexity index is 913. The maximum atomic E-state index is 13.1. The van der Waals surface area contributed by atoms with E-state index in [1.54, 1.807) is 12.0 Å². The Labute approximate surface area is 196 Å². The quantitative estimate of drug-likeness (QED) is 0.671. The van der Waals surface area contributed by atoms with E-state index in [9.17, 15) is 9.59 Å². The highest BCUT2D eigenvalue weighted by atomic mass is 16.5. The normalized spacial score (nSPS) is 19.7. The standard InChI is InChI=1S/C26H34N4O3/c1-33-23-13-11-20(12-14-23)24(29-15-5-6-16-29)18-27-25(31)21-8-7-17-30(19-21)26(32)28-22-9-3-2-4-10-22/h2-4,9-14,21,24H,5-8,15-19H2,1H3,(H,27,31)(H,28,32)/t21-,24+/m0/s1. The lowest BCUT2D eigenvalue weighted by molar-refractivity contribution is -0.126. The molecule has 0 radical (unpaired) electrons. The average Bonchev–Trinajstić information content (AvgIpc) is 3.40. The topological polar surface area (TPSA) is 73.9 Å². The van der Waals surface area contributed by atoms with E-state index < -0.39 is 0 Å². The minimum Gasteiger partial charge on any atom is -0.497 e. The summed E-state index contributed by atoms with van der Waals surface area (Å²) in [5, 5.41) is 6.12. The summed E-state index contributed by atoms with van der Waals surface area (Å²) >= 11 is 0. The van der Waals surface area contributed by atoms with Gasteiger partial charge in [-0.05, 0) is 68.6 Å². The lowest BCUT2D eigenvalue weighted by Crippen LogP contribution is -2.48. The molecular weight excluding hydrogens is 416 g/mol. The highest BCUT2D eigenvalue weighted by Gasteiger charge is 2.30. The number of ether oxygens (including phenoxy) is 1. The third-order valence-electron chi connectivity index (χ3n) is 6.66. The van der Waals surface area contributed by atoms with Crippen LogP contribution in [0.15, 0.2) is 54.6 Å². The first-order valence-corrected chi connectivity index (χ1v) is 11.9. The zero-order valence-corrected chi connectivity index (χ0v) is 19.3. The summed E-state index contributed by atoms with van der Waals surface area (Å²) in [6, 6.07) is 17.5. The highest BCUT2D eigenvalue weighted by Crippen LogP contribution is 2.27. The molecule has 33 heavy (non-hydrogen) atoms. The van der Waals surface area contributed by atoms with Crippen molar-refractivity contribution in [3.05, 3.63) is 60.2 Å². The second-order valence-corrected chi connectivity index (χ2v) is 8.86. The number of piperidine rings is 1. The van der Waals surface area contributed by atoms with Crippen molar-refractivity contribution in [1.82, 2.24) is 15.1 Å². The van der Waals surface area contributed by atoms with Gasteiger partial charge in [0.1, 0.15) is 5.75 Å². The number of carbonyl (C=O) groups excluding carboxylic acids is 2. The Hall–Kier alpha value is -3.06. The van der Waals surface area contributed by atoms with Crippen LogP contribution in [0.5, 0.6) is 5.75 Å². The summed E-state index contributed by atoms with van der Waals surface area (Å²) in [5.74, 6) is 0.680. The van der Waals surface area contributed by atoms with Crippen LogP contribution in [-0.4, -0.2) is 61.6 Å². The molecule has 7 heteroatoms. The molecule has 2 aromatic rings. The minimum absolute atomic E-state index is 0.0323. The van der Waals surface area contributed by atoms with Crippen LogP contribution in [0.3, 0.4) is 0 Å². The average molecular weight is 451 g/mol. The van der Waals surface area contributed by atoms with Crippen LogP contribution in [0, 0.1) is 5.92 Å². The first-order valence-electron chi connectivity index (χ1n) is 11.9. The van der Waals surface area contributed by atoms with Crippen LogP contribution >= 0.6 is 0 Å². The van der Waals surface area contributed by atoms with Gasteiger partial charge in [0.25, 0.3) is 0 Å². The molecule has 2 atom stereocenters. The van der Waals surface area contributed by atoms with E-state index in [0.717, 1.165) is 37.4 Å². The minimum atomic E-state index is -0.185. The maximum Gasteiger partial charge on any atom is 0.321 e. The molecular formula is C26H34N4O3. The van der Waals surface area contributed by atoms with Crippen molar-refractivity contribution >= 4 is 17.6 Å². The number of likely N-dealkylation sites (tertiary alicyclic amines) is 2. The van der Waals surface area contributed by atoms with Crippen LogP contribution in [0.25, 0.3) is 0 Å². The number of anilines is 1. The van der Waals surface area contributed by atoms with E-state index in [-0.39, 0.29) is 23.9 Å². The second kappa shape index (κ2) is 11.2. The van der Waals surface area contributed by atoms with Crippen molar-refractivity contribution < 1.29 is 14.3 Å². The molecule has 0 spiro atoms. The molecule has 0 bridgehead atoms. The molecule has 0 aliphatic carbocycles.